The lowest BCUT2D eigenvalue weighted by atomic mass is 10.2. The highest BCUT2D eigenvalue weighted by molar-refractivity contribution is 7.92. The van der Waals surface area contributed by atoms with Crippen LogP contribution in [0.2, 0.25) is 5.02 Å². The van der Waals surface area contributed by atoms with Crippen LogP contribution in [-0.4, -0.2) is 28.0 Å². The van der Waals surface area contributed by atoms with Crippen LogP contribution in [0.4, 0.5) is 24.5 Å². The Morgan fingerprint density at radius 2 is 1.67 bits per heavy atom. The van der Waals surface area contributed by atoms with Gasteiger partial charge < -0.3 is 10.1 Å². The van der Waals surface area contributed by atoms with Crippen molar-refractivity contribution < 1.29 is 31.1 Å². The summed E-state index contributed by atoms with van der Waals surface area (Å²) in [5.74, 6) is -0.217. The van der Waals surface area contributed by atoms with Crippen molar-refractivity contribution in [1.82, 2.24) is 0 Å². The van der Waals surface area contributed by atoms with Crippen molar-refractivity contribution in [3.8, 4) is 5.75 Å². The van der Waals surface area contributed by atoms with Crippen molar-refractivity contribution in [2.24, 2.45) is 0 Å². The van der Waals surface area contributed by atoms with Gasteiger partial charge in [-0.2, -0.15) is 13.2 Å². The molecule has 3 aromatic carbocycles. The Kier molecular flexibility index (Phi) is 7.19. The van der Waals surface area contributed by atoms with Gasteiger partial charge >= 0.3 is 6.18 Å². The lowest BCUT2D eigenvalue weighted by Crippen LogP contribution is -2.38. The molecule has 0 saturated carbocycles. The van der Waals surface area contributed by atoms with E-state index in [1.807, 2.05) is 0 Å². The number of nitrogens with one attached hydrogen (secondary N) is 1. The lowest BCUT2D eigenvalue weighted by molar-refractivity contribution is -0.137. The number of methoxy groups -OCH3 is 1. The van der Waals surface area contributed by atoms with E-state index in [-0.39, 0.29) is 10.6 Å². The second-order valence-electron chi connectivity index (χ2n) is 6.76. The zero-order valence-electron chi connectivity index (χ0n) is 17.1. The van der Waals surface area contributed by atoms with E-state index in [0.717, 1.165) is 12.1 Å². The van der Waals surface area contributed by atoms with Crippen molar-refractivity contribution >= 4 is 38.9 Å². The molecule has 0 saturated heterocycles. The van der Waals surface area contributed by atoms with Crippen LogP contribution in [0.5, 0.6) is 5.75 Å². The molecular formula is C22H18ClF3N2O4S. The molecule has 0 heterocycles. The first-order valence-corrected chi connectivity index (χ1v) is 11.2. The van der Waals surface area contributed by atoms with E-state index in [9.17, 15) is 26.4 Å². The number of hydrogen-bond acceptors (Lipinski definition) is 4. The van der Waals surface area contributed by atoms with Gasteiger partial charge in [-0.15, -0.1) is 0 Å². The molecule has 0 bridgehead atoms. The molecule has 33 heavy (non-hydrogen) atoms. The van der Waals surface area contributed by atoms with Crippen LogP contribution in [0, 0.1) is 0 Å². The quantitative estimate of drug-likeness (QED) is 0.486. The number of hydrogen-bond donors (Lipinski definition) is 1. The van der Waals surface area contributed by atoms with Gasteiger partial charge in [0, 0.05) is 5.69 Å². The Morgan fingerprint density at radius 3 is 2.24 bits per heavy atom. The Labute approximate surface area is 193 Å². The van der Waals surface area contributed by atoms with Gasteiger partial charge in [0.05, 0.1) is 28.3 Å². The van der Waals surface area contributed by atoms with Crippen molar-refractivity contribution in [2.75, 3.05) is 23.3 Å². The molecule has 3 rings (SSSR count). The van der Waals surface area contributed by atoms with E-state index in [1.54, 1.807) is 18.2 Å². The van der Waals surface area contributed by atoms with Crippen LogP contribution in [-0.2, 0) is 21.0 Å². The summed E-state index contributed by atoms with van der Waals surface area (Å²) in [4.78, 5) is 12.5. The smallest absolute Gasteiger partial charge is 0.417 e. The minimum atomic E-state index is -4.82. The van der Waals surface area contributed by atoms with Crippen LogP contribution in [0.25, 0.3) is 0 Å². The Balaban J connectivity index is 2.00. The van der Waals surface area contributed by atoms with Crippen LogP contribution in [0.15, 0.2) is 77.7 Å². The maximum Gasteiger partial charge on any atom is 0.417 e. The number of amides is 1. The van der Waals surface area contributed by atoms with Gasteiger partial charge in [-0.25, -0.2) is 8.42 Å². The number of halogens is 4. The first-order valence-electron chi connectivity index (χ1n) is 9.41. The van der Waals surface area contributed by atoms with Gasteiger partial charge in [0.15, 0.2) is 0 Å². The number of anilines is 2. The molecule has 1 amide bonds. The van der Waals surface area contributed by atoms with E-state index in [2.05, 4.69) is 5.32 Å². The molecule has 0 aliphatic rings. The van der Waals surface area contributed by atoms with Crippen LogP contribution in [0.1, 0.15) is 5.56 Å². The maximum atomic E-state index is 13.4. The van der Waals surface area contributed by atoms with Crippen molar-refractivity contribution in [3.63, 3.8) is 0 Å². The monoisotopic (exact) mass is 498 g/mol. The van der Waals surface area contributed by atoms with Gasteiger partial charge in [-0.3, -0.25) is 9.10 Å². The molecule has 0 aliphatic carbocycles. The first-order chi connectivity index (χ1) is 15.5. The van der Waals surface area contributed by atoms with Crippen molar-refractivity contribution in [2.45, 2.75) is 11.1 Å². The highest BCUT2D eigenvalue weighted by Crippen LogP contribution is 2.38. The molecule has 0 atom stereocenters. The average Bonchev–Trinajstić information content (AvgIpc) is 2.78. The number of ether oxygens (including phenoxy) is 1. The summed E-state index contributed by atoms with van der Waals surface area (Å²) in [6.07, 6.45) is -4.82. The molecule has 1 N–H and O–H groups in total. The fourth-order valence-corrected chi connectivity index (χ4v) is 4.58. The van der Waals surface area contributed by atoms with Crippen molar-refractivity contribution in [3.05, 3.63) is 83.4 Å². The summed E-state index contributed by atoms with van der Waals surface area (Å²) < 4.78 is 72.3. The normalized spacial score (nSPS) is 11.7. The summed E-state index contributed by atoms with van der Waals surface area (Å²) in [5.41, 5.74) is -1.23. The second-order valence-corrected chi connectivity index (χ2v) is 9.03. The van der Waals surface area contributed by atoms with Crippen molar-refractivity contribution in [1.29, 1.82) is 0 Å². The third-order valence-electron chi connectivity index (χ3n) is 4.54. The molecule has 3 aromatic rings. The molecule has 0 aliphatic heterocycles. The summed E-state index contributed by atoms with van der Waals surface area (Å²) in [5, 5.41) is 1.93. The largest absolute Gasteiger partial charge is 0.497 e. The number of nitrogens with zero attached hydrogens (tertiary/aromatic N) is 1. The van der Waals surface area contributed by atoms with Crippen LogP contribution < -0.4 is 14.4 Å². The number of alkyl halides is 3. The van der Waals surface area contributed by atoms with Gasteiger partial charge in [0.2, 0.25) is 5.91 Å². The number of rotatable bonds is 7. The molecular weight excluding hydrogens is 481 g/mol. The fraction of sp³-hybridized carbons (Fsp3) is 0.136. The van der Waals surface area contributed by atoms with E-state index in [4.69, 9.17) is 16.3 Å². The number of benzene rings is 3. The van der Waals surface area contributed by atoms with Gasteiger partial charge in [-0.1, -0.05) is 29.8 Å². The first kappa shape index (κ1) is 24.4. The molecule has 0 unspecified atom stereocenters. The van der Waals surface area contributed by atoms with E-state index in [0.29, 0.717) is 21.8 Å². The highest BCUT2D eigenvalue weighted by atomic mass is 35.5. The Bertz CT molecular complexity index is 1230. The number of carbonyl (C=O) groups excluding carboxylic acids is 1. The minimum Gasteiger partial charge on any atom is -0.497 e. The summed E-state index contributed by atoms with van der Waals surface area (Å²) in [7, 11) is -2.91. The highest BCUT2D eigenvalue weighted by Gasteiger charge is 2.35. The predicted octanol–water partition coefficient (Wildman–Crippen LogP) is 5.20. The Morgan fingerprint density at radius 1 is 1.03 bits per heavy atom. The molecule has 0 aromatic heterocycles. The average molecular weight is 499 g/mol. The molecule has 0 spiro atoms. The van der Waals surface area contributed by atoms with Gasteiger partial charge in [0.1, 0.15) is 12.3 Å². The summed E-state index contributed by atoms with van der Waals surface area (Å²) in [6.45, 7) is -0.776. The van der Waals surface area contributed by atoms with Crippen LogP contribution >= 0.6 is 11.6 Å². The SMILES string of the molecule is COc1ccc(NC(=O)CN(c2ccc(Cl)c(C(F)(F)F)c2)S(=O)(=O)c2ccccc2)cc1. The zero-order chi connectivity index (χ0) is 24.2. The van der Waals surface area contributed by atoms with E-state index < -0.39 is 39.2 Å². The fourth-order valence-electron chi connectivity index (χ4n) is 2.93. The van der Waals surface area contributed by atoms with Crippen LogP contribution in [0.3, 0.4) is 0 Å². The second kappa shape index (κ2) is 9.72. The third-order valence-corrected chi connectivity index (χ3v) is 6.65. The molecule has 174 valence electrons. The third kappa shape index (κ3) is 5.77. The molecule has 6 nitrogen and oxygen atoms in total. The molecule has 11 heteroatoms. The van der Waals surface area contributed by atoms with E-state index in [1.165, 1.54) is 43.5 Å². The molecule has 0 radical (unpaired) electrons. The summed E-state index contributed by atoms with van der Waals surface area (Å²) >= 11 is 5.68. The maximum absolute atomic E-state index is 13.4. The van der Waals surface area contributed by atoms with E-state index >= 15 is 0 Å². The number of carbonyl (C=O) groups is 1. The zero-order valence-corrected chi connectivity index (χ0v) is 18.7. The number of sulfonamides is 1. The topological polar surface area (TPSA) is 75.7 Å². The molecule has 0 fully saturated rings. The van der Waals surface area contributed by atoms with Gasteiger partial charge in [0.25, 0.3) is 10.0 Å². The van der Waals surface area contributed by atoms with Gasteiger partial charge in [-0.05, 0) is 54.6 Å². The predicted molar refractivity (Wildman–Crippen MR) is 119 cm³/mol. The summed E-state index contributed by atoms with van der Waals surface area (Å²) in [6, 6.07) is 16.0. The lowest BCUT2D eigenvalue weighted by Gasteiger charge is -2.25. The minimum absolute atomic E-state index is 0.189. The standard InChI is InChI=1S/C22H18ClF3N2O4S/c1-32-17-10-7-15(8-11-17)27-21(29)14-28(33(30,31)18-5-3-2-4-6-18)16-9-12-20(23)19(13-16)22(24,25)26/h2-13H,14H2,1H3,(H,27,29). The Hall–Kier alpha value is -3.24.